The number of terminal acetylenes is 1. The van der Waals surface area contributed by atoms with Gasteiger partial charge in [-0.3, -0.25) is 0 Å². The molecule has 82 valence electrons. The van der Waals surface area contributed by atoms with E-state index in [2.05, 4.69) is 18.2 Å². The van der Waals surface area contributed by atoms with Crippen LogP contribution in [0.1, 0.15) is 18.9 Å². The van der Waals surface area contributed by atoms with E-state index >= 15 is 0 Å². The fourth-order valence-electron chi connectivity index (χ4n) is 1.49. The summed E-state index contributed by atoms with van der Waals surface area (Å²) in [5.41, 5.74) is 2.70. The monoisotopic (exact) mass is 232 g/mol. The number of hydrogen-bond acceptors (Lipinski definition) is 1. The van der Waals surface area contributed by atoms with E-state index in [-0.39, 0.29) is 6.42 Å². The number of halogens is 1. The molecule has 16 heavy (non-hydrogen) atoms. The summed E-state index contributed by atoms with van der Waals surface area (Å²) in [5.74, 6) is 2.46. The van der Waals surface area contributed by atoms with Gasteiger partial charge in [0.1, 0.15) is 5.60 Å². The molecule has 2 heteroatoms. The molecule has 0 spiro atoms. The van der Waals surface area contributed by atoms with Crippen LogP contribution < -0.4 is 0 Å². The van der Waals surface area contributed by atoms with Crippen molar-refractivity contribution in [3.8, 4) is 12.3 Å². The molecule has 1 unspecified atom stereocenters. The van der Waals surface area contributed by atoms with Gasteiger partial charge >= 0.3 is 0 Å². The third-order valence-corrected chi connectivity index (χ3v) is 2.78. The van der Waals surface area contributed by atoms with E-state index in [9.17, 15) is 5.11 Å². The topological polar surface area (TPSA) is 20.2 Å². The minimum absolute atomic E-state index is 0.168. The molecule has 0 bridgehead atoms. The first-order chi connectivity index (χ1) is 7.54. The third kappa shape index (κ3) is 2.38. The first-order valence-corrected chi connectivity index (χ1v) is 5.21. The Kier molecular flexibility index (Phi) is 3.99. The highest BCUT2D eigenvalue weighted by molar-refractivity contribution is 6.30. The molecular weight excluding hydrogens is 220 g/mol. The zero-order chi connectivity index (χ0) is 12.2. The van der Waals surface area contributed by atoms with Crippen LogP contribution in [0.25, 0.3) is 0 Å². The highest BCUT2D eigenvalue weighted by Gasteiger charge is 2.30. The van der Waals surface area contributed by atoms with E-state index in [1.807, 2.05) is 0 Å². The molecule has 0 heterocycles. The zero-order valence-electron chi connectivity index (χ0n) is 9.13. The summed E-state index contributed by atoms with van der Waals surface area (Å²) in [5, 5.41) is 11.1. The van der Waals surface area contributed by atoms with Gasteiger partial charge in [0.2, 0.25) is 0 Å². The molecule has 1 nitrogen and oxygen atoms in total. The van der Waals surface area contributed by atoms with Gasteiger partial charge in [-0.25, -0.2) is 0 Å². The summed E-state index contributed by atoms with van der Waals surface area (Å²) in [6.45, 7) is 5.27. The van der Waals surface area contributed by atoms with Crippen LogP contribution >= 0.6 is 11.6 Å². The molecule has 1 rings (SSSR count). The minimum Gasteiger partial charge on any atom is -0.379 e. The number of hydrogen-bond donors (Lipinski definition) is 1. The molecule has 1 N–H and O–H groups in total. The van der Waals surface area contributed by atoms with Gasteiger partial charge in [-0.1, -0.05) is 30.3 Å². The second-order valence-electron chi connectivity index (χ2n) is 3.55. The Morgan fingerprint density at radius 2 is 2.31 bits per heavy atom. The van der Waals surface area contributed by atoms with Crippen LogP contribution in [-0.4, -0.2) is 5.11 Å². The van der Waals surface area contributed by atoms with E-state index in [4.69, 9.17) is 18.0 Å². The summed E-state index contributed by atoms with van der Waals surface area (Å²) >= 11 is 5.89. The maximum atomic E-state index is 10.5. The summed E-state index contributed by atoms with van der Waals surface area (Å²) < 4.78 is 0. The quantitative estimate of drug-likeness (QED) is 0.627. The molecule has 0 saturated carbocycles. The molecule has 0 amide bonds. The second-order valence-corrected chi connectivity index (χ2v) is 3.99. The molecule has 0 fully saturated rings. The maximum Gasteiger partial charge on any atom is 0.129 e. The zero-order valence-corrected chi connectivity index (χ0v) is 9.88. The lowest BCUT2D eigenvalue weighted by atomic mass is 9.85. The lowest BCUT2D eigenvalue weighted by Crippen LogP contribution is -2.26. The molecule has 1 atom stereocenters. The fraction of sp³-hybridized carbons (Fsp3) is 0.214. The van der Waals surface area contributed by atoms with Gasteiger partial charge in [0, 0.05) is 17.0 Å². The highest BCUT2D eigenvalue weighted by Crippen LogP contribution is 2.33. The van der Waals surface area contributed by atoms with Crippen molar-refractivity contribution in [2.75, 3.05) is 0 Å². The van der Waals surface area contributed by atoms with Gasteiger partial charge in [-0.2, -0.15) is 0 Å². The van der Waals surface area contributed by atoms with E-state index in [0.717, 1.165) is 0 Å². The molecule has 0 aromatic heterocycles. The standard InChI is InChI=1S/C14H13ClO/c1-4-9-14(16,11(3)5-2)12-7-6-8-13(15)10-12/h1,6-8,10,16H,2,9H2,3H3. The summed E-state index contributed by atoms with van der Waals surface area (Å²) in [7, 11) is 0. The smallest absolute Gasteiger partial charge is 0.129 e. The number of aliphatic hydroxyl groups is 1. The van der Waals surface area contributed by atoms with Crippen molar-refractivity contribution >= 4 is 11.6 Å². The van der Waals surface area contributed by atoms with Crippen molar-refractivity contribution in [1.82, 2.24) is 0 Å². The first-order valence-electron chi connectivity index (χ1n) is 4.83. The molecule has 0 aliphatic rings. The first kappa shape index (κ1) is 12.6. The Hall–Kier alpha value is -1.45. The second kappa shape index (κ2) is 5.05. The molecule has 0 aliphatic heterocycles. The average Bonchev–Trinajstić information content (AvgIpc) is 2.28. The molecule has 0 aliphatic carbocycles. The van der Waals surface area contributed by atoms with Crippen molar-refractivity contribution in [3.05, 3.63) is 52.7 Å². The van der Waals surface area contributed by atoms with Crippen LogP contribution in [0.4, 0.5) is 0 Å². The van der Waals surface area contributed by atoms with E-state index in [1.165, 1.54) is 0 Å². The van der Waals surface area contributed by atoms with Crippen molar-refractivity contribution in [2.45, 2.75) is 18.9 Å². The van der Waals surface area contributed by atoms with Crippen molar-refractivity contribution in [1.29, 1.82) is 0 Å². The Morgan fingerprint density at radius 3 is 2.81 bits per heavy atom. The largest absolute Gasteiger partial charge is 0.379 e. The predicted octanol–water partition coefficient (Wildman–Crippen LogP) is 3.28. The van der Waals surface area contributed by atoms with E-state index < -0.39 is 5.60 Å². The Balaban J connectivity index is 3.33. The van der Waals surface area contributed by atoms with Gasteiger partial charge in [-0.15, -0.1) is 18.1 Å². The van der Waals surface area contributed by atoms with Gasteiger partial charge in [-0.05, 0) is 24.6 Å². The Bertz CT molecular complexity index is 478. The summed E-state index contributed by atoms with van der Waals surface area (Å²) in [6, 6.07) is 6.99. The van der Waals surface area contributed by atoms with Crippen molar-refractivity contribution in [2.24, 2.45) is 0 Å². The Morgan fingerprint density at radius 1 is 1.62 bits per heavy atom. The van der Waals surface area contributed by atoms with Crippen LogP contribution in [0.15, 0.2) is 42.1 Å². The van der Waals surface area contributed by atoms with Crippen molar-refractivity contribution in [3.63, 3.8) is 0 Å². The molecule has 1 aromatic carbocycles. The van der Waals surface area contributed by atoms with Crippen LogP contribution in [0.2, 0.25) is 5.02 Å². The van der Waals surface area contributed by atoms with Crippen LogP contribution in [0.3, 0.4) is 0 Å². The van der Waals surface area contributed by atoms with Crippen LogP contribution in [0, 0.1) is 12.3 Å². The molecular formula is C14H13ClO. The summed E-state index contributed by atoms with van der Waals surface area (Å²) in [6.07, 6.45) is 5.45. The number of rotatable bonds is 3. The summed E-state index contributed by atoms with van der Waals surface area (Å²) in [4.78, 5) is 0. The van der Waals surface area contributed by atoms with Crippen molar-refractivity contribution < 1.29 is 5.11 Å². The molecule has 1 aromatic rings. The Labute approximate surface area is 101 Å². The van der Waals surface area contributed by atoms with Gasteiger partial charge in [0.15, 0.2) is 0 Å². The van der Waals surface area contributed by atoms with Gasteiger partial charge in [0.25, 0.3) is 0 Å². The van der Waals surface area contributed by atoms with Gasteiger partial charge < -0.3 is 5.11 Å². The highest BCUT2D eigenvalue weighted by atomic mass is 35.5. The lowest BCUT2D eigenvalue weighted by Gasteiger charge is -2.26. The maximum absolute atomic E-state index is 10.5. The van der Waals surface area contributed by atoms with E-state index in [0.29, 0.717) is 16.2 Å². The molecule has 0 radical (unpaired) electrons. The van der Waals surface area contributed by atoms with Crippen LogP contribution in [-0.2, 0) is 5.60 Å². The molecule has 0 saturated heterocycles. The minimum atomic E-state index is -1.23. The predicted molar refractivity (Wildman–Crippen MR) is 67.1 cm³/mol. The fourth-order valence-corrected chi connectivity index (χ4v) is 1.68. The third-order valence-electron chi connectivity index (χ3n) is 2.55. The number of benzene rings is 1. The lowest BCUT2D eigenvalue weighted by molar-refractivity contribution is 0.0822. The average molecular weight is 233 g/mol. The SMILES string of the molecule is C#CCC(O)(C(C)=C=C)c1cccc(Cl)c1. The van der Waals surface area contributed by atoms with E-state index in [1.54, 1.807) is 31.2 Å². The normalized spacial score (nSPS) is 13.4. The van der Waals surface area contributed by atoms with Crippen LogP contribution in [0.5, 0.6) is 0 Å². The van der Waals surface area contributed by atoms with Gasteiger partial charge in [0.05, 0.1) is 0 Å².